The SMILES string of the molecule is Cn1cncc1C(=O)Nc1ccc(F)cc1I. The van der Waals surface area contributed by atoms with Gasteiger partial charge in [0.1, 0.15) is 11.5 Å². The first kappa shape index (κ1) is 12.0. The van der Waals surface area contributed by atoms with Crippen LogP contribution < -0.4 is 5.32 Å². The molecule has 0 atom stereocenters. The molecule has 88 valence electrons. The zero-order chi connectivity index (χ0) is 12.4. The number of hydrogen-bond acceptors (Lipinski definition) is 2. The quantitative estimate of drug-likeness (QED) is 0.850. The molecule has 1 N–H and O–H groups in total. The predicted molar refractivity (Wildman–Crippen MR) is 70.3 cm³/mol. The molecule has 0 aliphatic heterocycles. The highest BCUT2D eigenvalue weighted by atomic mass is 127. The van der Waals surface area contributed by atoms with E-state index in [4.69, 9.17) is 0 Å². The lowest BCUT2D eigenvalue weighted by Crippen LogP contribution is -2.16. The van der Waals surface area contributed by atoms with Gasteiger partial charge in [0, 0.05) is 10.6 Å². The van der Waals surface area contributed by atoms with Crippen molar-refractivity contribution in [2.45, 2.75) is 0 Å². The van der Waals surface area contributed by atoms with Gasteiger partial charge in [0.15, 0.2) is 0 Å². The van der Waals surface area contributed by atoms with Crippen LogP contribution in [0, 0.1) is 9.39 Å². The van der Waals surface area contributed by atoms with Gasteiger partial charge in [-0.3, -0.25) is 4.79 Å². The Kier molecular flexibility index (Phi) is 3.41. The van der Waals surface area contributed by atoms with Crippen LogP contribution in [0.1, 0.15) is 10.5 Å². The maximum Gasteiger partial charge on any atom is 0.273 e. The van der Waals surface area contributed by atoms with Crippen molar-refractivity contribution in [2.75, 3.05) is 5.32 Å². The summed E-state index contributed by atoms with van der Waals surface area (Å²) in [6.07, 6.45) is 3.02. The minimum atomic E-state index is -0.326. The van der Waals surface area contributed by atoms with Gasteiger partial charge in [-0.1, -0.05) is 0 Å². The molecule has 1 aromatic heterocycles. The van der Waals surface area contributed by atoms with Crippen LogP contribution in [0.4, 0.5) is 10.1 Å². The number of carbonyl (C=O) groups is 1. The Morgan fingerprint density at radius 1 is 1.53 bits per heavy atom. The van der Waals surface area contributed by atoms with E-state index in [0.29, 0.717) is 15.0 Å². The molecule has 4 nitrogen and oxygen atoms in total. The molecule has 17 heavy (non-hydrogen) atoms. The van der Waals surface area contributed by atoms with Crippen molar-refractivity contribution in [2.24, 2.45) is 7.05 Å². The Morgan fingerprint density at radius 3 is 2.88 bits per heavy atom. The van der Waals surface area contributed by atoms with Gasteiger partial charge in [0.05, 0.1) is 18.2 Å². The Labute approximate surface area is 111 Å². The van der Waals surface area contributed by atoms with Crippen LogP contribution in [-0.2, 0) is 7.05 Å². The van der Waals surface area contributed by atoms with Crippen LogP contribution >= 0.6 is 22.6 Å². The predicted octanol–water partition coefficient (Wildman–Crippen LogP) is 2.42. The number of anilines is 1. The van der Waals surface area contributed by atoms with Crippen LogP contribution in [0.3, 0.4) is 0 Å². The smallest absolute Gasteiger partial charge is 0.273 e. The van der Waals surface area contributed by atoms with Gasteiger partial charge in [-0.05, 0) is 40.8 Å². The first-order chi connectivity index (χ1) is 8.08. The molecule has 0 saturated carbocycles. The summed E-state index contributed by atoms with van der Waals surface area (Å²) in [6.45, 7) is 0. The molecule has 1 aromatic carbocycles. The second-order valence-corrected chi connectivity index (χ2v) is 4.63. The molecular formula is C11H9FIN3O. The normalized spacial score (nSPS) is 10.3. The molecule has 0 spiro atoms. The van der Waals surface area contributed by atoms with Gasteiger partial charge in [-0.2, -0.15) is 0 Å². The van der Waals surface area contributed by atoms with E-state index in [1.807, 2.05) is 22.6 Å². The third-order valence-corrected chi connectivity index (χ3v) is 3.12. The molecule has 1 amide bonds. The molecule has 0 unspecified atom stereocenters. The first-order valence-corrected chi connectivity index (χ1v) is 5.88. The maximum absolute atomic E-state index is 12.9. The second kappa shape index (κ2) is 4.82. The Morgan fingerprint density at radius 2 is 2.29 bits per heavy atom. The van der Waals surface area contributed by atoms with Crippen molar-refractivity contribution in [1.29, 1.82) is 0 Å². The highest BCUT2D eigenvalue weighted by Gasteiger charge is 2.11. The number of rotatable bonds is 2. The average molecular weight is 345 g/mol. The minimum absolute atomic E-state index is 0.269. The monoisotopic (exact) mass is 345 g/mol. The summed E-state index contributed by atoms with van der Waals surface area (Å²) >= 11 is 1.97. The zero-order valence-electron chi connectivity index (χ0n) is 8.95. The van der Waals surface area contributed by atoms with E-state index in [9.17, 15) is 9.18 Å². The molecule has 1 heterocycles. The molecule has 0 bridgehead atoms. The second-order valence-electron chi connectivity index (χ2n) is 3.47. The molecule has 6 heteroatoms. The number of nitrogens with one attached hydrogen (secondary N) is 1. The topological polar surface area (TPSA) is 46.9 Å². The Bertz CT molecular complexity index is 568. The van der Waals surface area contributed by atoms with Gasteiger partial charge < -0.3 is 9.88 Å². The van der Waals surface area contributed by atoms with Crippen LogP contribution in [0.25, 0.3) is 0 Å². The molecule has 0 fully saturated rings. The fourth-order valence-electron chi connectivity index (χ4n) is 1.35. The largest absolute Gasteiger partial charge is 0.330 e. The molecule has 0 aliphatic rings. The number of carbonyl (C=O) groups excluding carboxylic acids is 1. The highest BCUT2D eigenvalue weighted by molar-refractivity contribution is 14.1. The van der Waals surface area contributed by atoms with Gasteiger partial charge in [-0.15, -0.1) is 0 Å². The lowest BCUT2D eigenvalue weighted by atomic mass is 10.3. The van der Waals surface area contributed by atoms with Crippen molar-refractivity contribution in [3.05, 3.63) is 45.8 Å². The van der Waals surface area contributed by atoms with Crippen LogP contribution in [0.5, 0.6) is 0 Å². The number of halogens is 2. The van der Waals surface area contributed by atoms with E-state index < -0.39 is 0 Å². The van der Waals surface area contributed by atoms with Crippen molar-refractivity contribution >= 4 is 34.2 Å². The number of aryl methyl sites for hydroxylation is 1. The molecular weight excluding hydrogens is 336 g/mol. The van der Waals surface area contributed by atoms with Gasteiger partial charge in [-0.25, -0.2) is 9.37 Å². The van der Waals surface area contributed by atoms with E-state index in [-0.39, 0.29) is 11.7 Å². The van der Waals surface area contributed by atoms with Crippen molar-refractivity contribution < 1.29 is 9.18 Å². The van der Waals surface area contributed by atoms with Crippen molar-refractivity contribution in [1.82, 2.24) is 9.55 Å². The summed E-state index contributed by atoms with van der Waals surface area (Å²) < 4.78 is 15.2. The lowest BCUT2D eigenvalue weighted by molar-refractivity contribution is 0.101. The van der Waals surface area contributed by atoms with E-state index in [1.54, 1.807) is 17.9 Å². The minimum Gasteiger partial charge on any atom is -0.330 e. The Balaban J connectivity index is 2.22. The standard InChI is InChI=1S/C11H9FIN3O/c1-16-6-14-5-10(16)11(17)15-9-3-2-7(12)4-8(9)13/h2-6H,1H3,(H,15,17). The van der Waals surface area contributed by atoms with Crippen molar-refractivity contribution in [3.63, 3.8) is 0 Å². The number of imidazole rings is 1. The molecule has 0 radical (unpaired) electrons. The maximum atomic E-state index is 12.9. The van der Waals surface area contributed by atoms with E-state index in [1.165, 1.54) is 24.4 Å². The number of amides is 1. The summed E-state index contributed by atoms with van der Waals surface area (Å²) in [5.74, 6) is -0.595. The molecule has 0 aliphatic carbocycles. The highest BCUT2D eigenvalue weighted by Crippen LogP contribution is 2.19. The Hall–Kier alpha value is -1.44. The third-order valence-electron chi connectivity index (χ3n) is 2.23. The zero-order valence-corrected chi connectivity index (χ0v) is 11.1. The first-order valence-electron chi connectivity index (χ1n) is 4.80. The van der Waals surface area contributed by atoms with Crippen LogP contribution in [-0.4, -0.2) is 15.5 Å². The van der Waals surface area contributed by atoms with E-state index in [2.05, 4.69) is 10.3 Å². The number of benzene rings is 1. The third kappa shape index (κ3) is 2.63. The van der Waals surface area contributed by atoms with E-state index >= 15 is 0 Å². The molecule has 2 aromatic rings. The van der Waals surface area contributed by atoms with Gasteiger partial charge >= 0.3 is 0 Å². The van der Waals surface area contributed by atoms with Crippen LogP contribution in [0.15, 0.2) is 30.7 Å². The van der Waals surface area contributed by atoms with E-state index in [0.717, 1.165) is 0 Å². The molecule has 2 rings (SSSR count). The summed E-state index contributed by atoms with van der Waals surface area (Å²) in [5, 5.41) is 2.71. The van der Waals surface area contributed by atoms with Gasteiger partial charge in [0.2, 0.25) is 0 Å². The van der Waals surface area contributed by atoms with Gasteiger partial charge in [0.25, 0.3) is 5.91 Å². The molecule has 0 saturated heterocycles. The summed E-state index contributed by atoms with van der Waals surface area (Å²) in [4.78, 5) is 15.7. The number of hydrogen-bond donors (Lipinski definition) is 1. The summed E-state index contributed by atoms with van der Waals surface area (Å²) in [7, 11) is 1.73. The summed E-state index contributed by atoms with van der Waals surface area (Å²) in [5.41, 5.74) is 1.03. The fraction of sp³-hybridized carbons (Fsp3) is 0.0909. The lowest BCUT2D eigenvalue weighted by Gasteiger charge is -2.07. The summed E-state index contributed by atoms with van der Waals surface area (Å²) in [6, 6.07) is 4.20. The number of aromatic nitrogens is 2. The number of nitrogens with zero attached hydrogens (tertiary/aromatic N) is 2. The average Bonchev–Trinajstić information content (AvgIpc) is 2.68. The van der Waals surface area contributed by atoms with Crippen molar-refractivity contribution in [3.8, 4) is 0 Å². The fourth-order valence-corrected chi connectivity index (χ4v) is 1.97. The van der Waals surface area contributed by atoms with Crippen LogP contribution in [0.2, 0.25) is 0 Å².